The second-order valence-corrected chi connectivity index (χ2v) is 6.58. The highest BCUT2D eigenvalue weighted by Crippen LogP contribution is 2.31. The van der Waals surface area contributed by atoms with E-state index in [0.717, 1.165) is 36.7 Å². The van der Waals surface area contributed by atoms with E-state index >= 15 is 0 Å². The molecule has 0 radical (unpaired) electrons. The Kier molecular flexibility index (Phi) is 5.30. The van der Waals surface area contributed by atoms with Crippen molar-refractivity contribution in [2.75, 3.05) is 11.9 Å². The summed E-state index contributed by atoms with van der Waals surface area (Å²) < 4.78 is 5.29. The molecule has 1 amide bonds. The Hall–Kier alpha value is -2.14. The van der Waals surface area contributed by atoms with Crippen molar-refractivity contribution in [1.29, 1.82) is 0 Å². The molecular formula is C19H25N3O2. The van der Waals surface area contributed by atoms with Gasteiger partial charge >= 0.3 is 0 Å². The smallest absolute Gasteiger partial charge is 0.221 e. The average Bonchev–Trinajstić information content (AvgIpc) is 2.84. The van der Waals surface area contributed by atoms with Gasteiger partial charge < -0.3 is 9.84 Å². The summed E-state index contributed by atoms with van der Waals surface area (Å²) in [4.78, 5) is 13.6. The maximum Gasteiger partial charge on any atom is 0.221 e. The minimum atomic E-state index is -0.0447. The van der Waals surface area contributed by atoms with Crippen molar-refractivity contribution in [2.24, 2.45) is 0 Å². The lowest BCUT2D eigenvalue weighted by Gasteiger charge is -2.28. The van der Waals surface area contributed by atoms with Crippen molar-refractivity contribution in [2.45, 2.75) is 52.1 Å². The molecule has 5 heteroatoms. The van der Waals surface area contributed by atoms with Gasteiger partial charge in [-0.05, 0) is 44.0 Å². The molecule has 0 bridgehead atoms. The van der Waals surface area contributed by atoms with Crippen LogP contribution in [0.1, 0.15) is 55.7 Å². The SMILES string of the molecule is CC(=O)Nc1ccc(CN2CCCCC[C@H]2c2cc(C)on2)cc1. The number of hydrogen-bond donors (Lipinski definition) is 1. The lowest BCUT2D eigenvalue weighted by molar-refractivity contribution is -0.114. The Morgan fingerprint density at radius 1 is 1.29 bits per heavy atom. The van der Waals surface area contributed by atoms with Gasteiger partial charge in [0.2, 0.25) is 5.91 Å². The molecule has 1 N–H and O–H groups in total. The van der Waals surface area contributed by atoms with Crippen LogP contribution in [0.5, 0.6) is 0 Å². The van der Waals surface area contributed by atoms with Gasteiger partial charge in [-0.1, -0.05) is 30.1 Å². The van der Waals surface area contributed by atoms with Gasteiger partial charge in [0.05, 0.1) is 6.04 Å². The monoisotopic (exact) mass is 327 g/mol. The quantitative estimate of drug-likeness (QED) is 0.920. The first-order chi connectivity index (χ1) is 11.6. The van der Waals surface area contributed by atoms with E-state index in [1.165, 1.54) is 31.7 Å². The second-order valence-electron chi connectivity index (χ2n) is 6.58. The van der Waals surface area contributed by atoms with Crippen molar-refractivity contribution in [3.63, 3.8) is 0 Å². The van der Waals surface area contributed by atoms with Crippen LogP contribution in [0.3, 0.4) is 0 Å². The molecule has 128 valence electrons. The lowest BCUT2D eigenvalue weighted by atomic mass is 10.1. The number of likely N-dealkylation sites (tertiary alicyclic amines) is 1. The van der Waals surface area contributed by atoms with E-state index < -0.39 is 0 Å². The number of hydrogen-bond acceptors (Lipinski definition) is 4. The third-order valence-corrected chi connectivity index (χ3v) is 4.51. The van der Waals surface area contributed by atoms with Gasteiger partial charge in [-0.2, -0.15) is 0 Å². The van der Waals surface area contributed by atoms with Crippen molar-refractivity contribution in [3.8, 4) is 0 Å². The normalized spacial score (nSPS) is 19.0. The predicted molar refractivity (Wildman–Crippen MR) is 93.6 cm³/mol. The number of nitrogens with zero attached hydrogens (tertiary/aromatic N) is 2. The summed E-state index contributed by atoms with van der Waals surface area (Å²) in [5.41, 5.74) is 3.13. The van der Waals surface area contributed by atoms with E-state index in [9.17, 15) is 4.79 Å². The molecule has 1 saturated heterocycles. The molecule has 1 atom stereocenters. The zero-order valence-corrected chi connectivity index (χ0v) is 14.4. The number of carbonyl (C=O) groups excluding carboxylic acids is 1. The van der Waals surface area contributed by atoms with Crippen LogP contribution in [0.2, 0.25) is 0 Å². The molecule has 1 aromatic heterocycles. The maximum atomic E-state index is 11.1. The number of anilines is 1. The van der Waals surface area contributed by atoms with Crippen LogP contribution >= 0.6 is 0 Å². The molecule has 1 aliphatic heterocycles. The summed E-state index contributed by atoms with van der Waals surface area (Å²) in [6.45, 7) is 5.43. The molecule has 2 aromatic rings. The maximum absolute atomic E-state index is 11.1. The van der Waals surface area contributed by atoms with Gasteiger partial charge in [-0.25, -0.2) is 0 Å². The minimum Gasteiger partial charge on any atom is -0.361 e. The Morgan fingerprint density at radius 3 is 2.75 bits per heavy atom. The largest absolute Gasteiger partial charge is 0.361 e. The van der Waals surface area contributed by atoms with Gasteiger partial charge in [-0.15, -0.1) is 0 Å². The highest BCUT2D eigenvalue weighted by atomic mass is 16.5. The molecule has 24 heavy (non-hydrogen) atoms. The Morgan fingerprint density at radius 2 is 2.08 bits per heavy atom. The van der Waals surface area contributed by atoms with Crippen LogP contribution in [0.15, 0.2) is 34.9 Å². The highest BCUT2D eigenvalue weighted by Gasteiger charge is 2.25. The van der Waals surface area contributed by atoms with Crippen molar-refractivity contribution in [3.05, 3.63) is 47.3 Å². The van der Waals surface area contributed by atoms with E-state index in [1.54, 1.807) is 0 Å². The fourth-order valence-electron chi connectivity index (χ4n) is 3.37. The average molecular weight is 327 g/mol. The third kappa shape index (κ3) is 4.23. The van der Waals surface area contributed by atoms with E-state index in [2.05, 4.69) is 33.6 Å². The van der Waals surface area contributed by atoms with Gasteiger partial charge in [0.25, 0.3) is 0 Å². The van der Waals surface area contributed by atoms with Crippen LogP contribution in [-0.2, 0) is 11.3 Å². The molecule has 1 aromatic carbocycles. The zero-order valence-electron chi connectivity index (χ0n) is 14.4. The summed E-state index contributed by atoms with van der Waals surface area (Å²) in [6, 6.07) is 10.5. The first kappa shape index (κ1) is 16.7. The molecule has 1 aliphatic rings. The van der Waals surface area contributed by atoms with Gasteiger partial charge in [-0.3, -0.25) is 9.69 Å². The van der Waals surface area contributed by atoms with Crippen LogP contribution in [0.25, 0.3) is 0 Å². The van der Waals surface area contributed by atoms with Gasteiger partial charge in [0.15, 0.2) is 0 Å². The number of aromatic nitrogens is 1. The molecular weight excluding hydrogens is 302 g/mol. The molecule has 0 aliphatic carbocycles. The van der Waals surface area contributed by atoms with Crippen LogP contribution < -0.4 is 5.32 Å². The van der Waals surface area contributed by atoms with E-state index in [4.69, 9.17) is 4.52 Å². The lowest BCUT2D eigenvalue weighted by Crippen LogP contribution is -2.28. The first-order valence-corrected chi connectivity index (χ1v) is 8.65. The highest BCUT2D eigenvalue weighted by molar-refractivity contribution is 5.88. The summed E-state index contributed by atoms with van der Waals surface area (Å²) >= 11 is 0. The Balaban J connectivity index is 1.73. The Labute approximate surface area is 143 Å². The zero-order chi connectivity index (χ0) is 16.9. The summed E-state index contributed by atoms with van der Waals surface area (Å²) in [5.74, 6) is 0.825. The Bertz CT molecular complexity index is 678. The van der Waals surface area contributed by atoms with E-state index in [1.807, 2.05) is 19.1 Å². The molecule has 2 heterocycles. The fourth-order valence-corrected chi connectivity index (χ4v) is 3.37. The van der Waals surface area contributed by atoms with Gasteiger partial charge in [0.1, 0.15) is 11.5 Å². The van der Waals surface area contributed by atoms with E-state index in [0.29, 0.717) is 6.04 Å². The first-order valence-electron chi connectivity index (χ1n) is 8.65. The molecule has 3 rings (SSSR count). The third-order valence-electron chi connectivity index (χ3n) is 4.51. The van der Waals surface area contributed by atoms with Crippen molar-refractivity contribution in [1.82, 2.24) is 10.1 Å². The minimum absolute atomic E-state index is 0.0447. The number of rotatable bonds is 4. The number of benzene rings is 1. The summed E-state index contributed by atoms with van der Waals surface area (Å²) in [7, 11) is 0. The summed E-state index contributed by atoms with van der Waals surface area (Å²) in [5, 5.41) is 7.06. The van der Waals surface area contributed by atoms with Crippen LogP contribution in [0.4, 0.5) is 5.69 Å². The molecule has 0 saturated carbocycles. The van der Waals surface area contributed by atoms with Crippen molar-refractivity contribution >= 4 is 11.6 Å². The number of carbonyl (C=O) groups is 1. The predicted octanol–water partition coefficient (Wildman–Crippen LogP) is 4.06. The fraction of sp³-hybridized carbons (Fsp3) is 0.474. The molecule has 1 fully saturated rings. The van der Waals surface area contributed by atoms with E-state index in [-0.39, 0.29) is 5.91 Å². The van der Waals surface area contributed by atoms with Gasteiger partial charge in [0, 0.05) is 25.2 Å². The van der Waals surface area contributed by atoms with Crippen LogP contribution in [0, 0.1) is 6.92 Å². The standard InChI is InChI=1S/C19H25N3O2/c1-14-12-18(21-24-14)19-6-4-3-5-11-22(19)13-16-7-9-17(10-8-16)20-15(2)23/h7-10,12,19H,3-6,11,13H2,1-2H3,(H,20,23)/t19-/m0/s1. The molecule has 0 spiro atoms. The van der Waals surface area contributed by atoms with Crippen LogP contribution in [-0.4, -0.2) is 22.5 Å². The summed E-state index contributed by atoms with van der Waals surface area (Å²) in [6.07, 6.45) is 4.84. The van der Waals surface area contributed by atoms with Crippen molar-refractivity contribution < 1.29 is 9.32 Å². The number of aryl methyl sites for hydroxylation is 1. The number of amides is 1. The molecule has 5 nitrogen and oxygen atoms in total. The second kappa shape index (κ2) is 7.62. The topological polar surface area (TPSA) is 58.4 Å². The molecule has 0 unspecified atom stereocenters. The number of nitrogens with one attached hydrogen (secondary N) is 1.